The quantitative estimate of drug-likeness (QED) is 0.830. The van der Waals surface area contributed by atoms with Gasteiger partial charge in [0.2, 0.25) is 5.91 Å². The number of thiophene rings is 1. The second kappa shape index (κ2) is 6.28. The van der Waals surface area contributed by atoms with Crippen molar-refractivity contribution in [2.45, 2.75) is 25.1 Å². The zero-order valence-corrected chi connectivity index (χ0v) is 11.4. The summed E-state index contributed by atoms with van der Waals surface area (Å²) in [5.41, 5.74) is 0. The molecule has 0 spiro atoms. The molecule has 2 nitrogen and oxygen atoms in total. The van der Waals surface area contributed by atoms with Crippen LogP contribution in [0.2, 0.25) is 0 Å². The maximum absolute atomic E-state index is 11.5. The summed E-state index contributed by atoms with van der Waals surface area (Å²) in [6.07, 6.45) is 0.496. The average Bonchev–Trinajstić information content (AvgIpc) is 2.66. The zero-order chi connectivity index (χ0) is 11.3. The lowest BCUT2D eigenvalue weighted by Crippen LogP contribution is -2.32. The van der Waals surface area contributed by atoms with Crippen LogP contribution in [0.5, 0.6) is 0 Å². The fourth-order valence-electron chi connectivity index (χ4n) is 1.08. The number of amides is 1. The van der Waals surface area contributed by atoms with Crippen molar-refractivity contribution >= 4 is 33.2 Å². The SMILES string of the molecule is CC(C)C(Br)CNC(=O)Cc1cccs1. The van der Waals surface area contributed by atoms with Gasteiger partial charge < -0.3 is 5.32 Å². The molecule has 0 aliphatic carbocycles. The van der Waals surface area contributed by atoms with Crippen molar-refractivity contribution in [3.05, 3.63) is 22.4 Å². The van der Waals surface area contributed by atoms with Crippen molar-refractivity contribution < 1.29 is 4.79 Å². The Morgan fingerprint density at radius 2 is 2.33 bits per heavy atom. The molecular formula is C11H16BrNOS. The monoisotopic (exact) mass is 289 g/mol. The van der Waals surface area contributed by atoms with Crippen LogP contribution in [0.25, 0.3) is 0 Å². The first-order chi connectivity index (χ1) is 7.09. The maximum atomic E-state index is 11.5. The van der Waals surface area contributed by atoms with E-state index in [1.165, 1.54) is 0 Å². The zero-order valence-electron chi connectivity index (χ0n) is 9.00. The van der Waals surface area contributed by atoms with Gasteiger partial charge >= 0.3 is 0 Å². The molecule has 1 atom stereocenters. The van der Waals surface area contributed by atoms with Crippen LogP contribution in [-0.2, 0) is 11.2 Å². The van der Waals surface area contributed by atoms with Crippen LogP contribution in [-0.4, -0.2) is 17.3 Å². The van der Waals surface area contributed by atoms with Crippen molar-refractivity contribution in [1.29, 1.82) is 0 Å². The van der Waals surface area contributed by atoms with Crippen LogP contribution in [0.3, 0.4) is 0 Å². The molecule has 1 unspecified atom stereocenters. The van der Waals surface area contributed by atoms with E-state index in [9.17, 15) is 4.79 Å². The van der Waals surface area contributed by atoms with E-state index in [0.717, 1.165) is 4.88 Å². The summed E-state index contributed by atoms with van der Waals surface area (Å²) in [4.78, 5) is 13.0. The maximum Gasteiger partial charge on any atom is 0.225 e. The predicted molar refractivity (Wildman–Crippen MR) is 68.6 cm³/mol. The molecule has 1 N–H and O–H groups in total. The van der Waals surface area contributed by atoms with Gasteiger partial charge in [-0.3, -0.25) is 4.79 Å². The van der Waals surface area contributed by atoms with Crippen LogP contribution in [0.4, 0.5) is 0 Å². The normalized spacial score (nSPS) is 12.8. The van der Waals surface area contributed by atoms with E-state index in [-0.39, 0.29) is 5.91 Å². The molecule has 0 aromatic carbocycles. The highest BCUT2D eigenvalue weighted by molar-refractivity contribution is 9.09. The van der Waals surface area contributed by atoms with E-state index in [2.05, 4.69) is 35.1 Å². The van der Waals surface area contributed by atoms with Gasteiger partial charge in [0.1, 0.15) is 0 Å². The number of hydrogen-bond donors (Lipinski definition) is 1. The van der Waals surface area contributed by atoms with E-state index in [0.29, 0.717) is 23.7 Å². The summed E-state index contributed by atoms with van der Waals surface area (Å²) in [5.74, 6) is 0.634. The lowest BCUT2D eigenvalue weighted by Gasteiger charge is -2.14. The molecule has 1 rings (SSSR count). The lowest BCUT2D eigenvalue weighted by molar-refractivity contribution is -0.120. The second-order valence-electron chi connectivity index (χ2n) is 3.82. The second-order valence-corrected chi connectivity index (χ2v) is 6.03. The highest BCUT2D eigenvalue weighted by atomic mass is 79.9. The largest absolute Gasteiger partial charge is 0.355 e. The third kappa shape index (κ3) is 4.80. The Morgan fingerprint density at radius 3 is 2.87 bits per heavy atom. The molecule has 0 fully saturated rings. The van der Waals surface area contributed by atoms with Crippen molar-refractivity contribution in [2.75, 3.05) is 6.54 Å². The predicted octanol–water partition coefficient (Wildman–Crippen LogP) is 2.83. The first kappa shape index (κ1) is 12.7. The molecule has 0 aliphatic heterocycles. The summed E-state index contributed by atoms with van der Waals surface area (Å²) >= 11 is 5.16. The van der Waals surface area contributed by atoms with Gasteiger partial charge in [0, 0.05) is 16.2 Å². The molecule has 0 radical (unpaired) electrons. The van der Waals surface area contributed by atoms with Crippen molar-refractivity contribution in [3.8, 4) is 0 Å². The molecule has 0 bridgehead atoms. The van der Waals surface area contributed by atoms with E-state index in [1.807, 2.05) is 17.5 Å². The Bertz CT molecular complexity index is 298. The number of halogens is 1. The van der Waals surface area contributed by atoms with E-state index >= 15 is 0 Å². The number of carbonyl (C=O) groups excluding carboxylic acids is 1. The van der Waals surface area contributed by atoms with E-state index in [1.54, 1.807) is 11.3 Å². The highest BCUT2D eigenvalue weighted by Gasteiger charge is 2.10. The molecule has 1 heterocycles. The Kier molecular flexibility index (Phi) is 5.32. The minimum absolute atomic E-state index is 0.0996. The number of hydrogen-bond acceptors (Lipinski definition) is 2. The first-order valence-electron chi connectivity index (χ1n) is 5.02. The van der Waals surface area contributed by atoms with Gasteiger partial charge in [-0.15, -0.1) is 11.3 Å². The van der Waals surface area contributed by atoms with Crippen LogP contribution >= 0.6 is 27.3 Å². The summed E-state index contributed by atoms with van der Waals surface area (Å²) in [5, 5.41) is 4.91. The minimum atomic E-state index is 0.0996. The molecule has 0 saturated heterocycles. The van der Waals surface area contributed by atoms with Crippen LogP contribution in [0.15, 0.2) is 17.5 Å². The Hall–Kier alpha value is -0.350. The molecule has 15 heavy (non-hydrogen) atoms. The van der Waals surface area contributed by atoms with Gasteiger partial charge in [-0.1, -0.05) is 35.8 Å². The number of rotatable bonds is 5. The summed E-state index contributed by atoms with van der Waals surface area (Å²) in [7, 11) is 0. The molecular weight excluding hydrogens is 274 g/mol. The fraction of sp³-hybridized carbons (Fsp3) is 0.545. The number of nitrogens with one attached hydrogen (secondary N) is 1. The smallest absolute Gasteiger partial charge is 0.225 e. The molecule has 0 aliphatic rings. The van der Waals surface area contributed by atoms with Gasteiger partial charge in [-0.05, 0) is 17.4 Å². The van der Waals surface area contributed by atoms with Crippen molar-refractivity contribution in [2.24, 2.45) is 5.92 Å². The molecule has 4 heteroatoms. The lowest BCUT2D eigenvalue weighted by atomic mass is 10.1. The summed E-state index contributed by atoms with van der Waals surface area (Å²) < 4.78 is 0. The summed E-state index contributed by atoms with van der Waals surface area (Å²) in [6.45, 7) is 4.96. The van der Waals surface area contributed by atoms with E-state index < -0.39 is 0 Å². The van der Waals surface area contributed by atoms with Gasteiger partial charge in [0.15, 0.2) is 0 Å². The number of carbonyl (C=O) groups is 1. The topological polar surface area (TPSA) is 29.1 Å². The van der Waals surface area contributed by atoms with Gasteiger partial charge in [-0.2, -0.15) is 0 Å². The van der Waals surface area contributed by atoms with Crippen molar-refractivity contribution in [3.63, 3.8) is 0 Å². The Balaban J connectivity index is 2.25. The standard InChI is InChI=1S/C11H16BrNOS/c1-8(2)10(12)7-13-11(14)6-9-4-3-5-15-9/h3-5,8,10H,6-7H2,1-2H3,(H,13,14). The molecule has 0 saturated carbocycles. The van der Waals surface area contributed by atoms with Gasteiger partial charge in [0.25, 0.3) is 0 Å². The van der Waals surface area contributed by atoms with Crippen LogP contribution in [0.1, 0.15) is 18.7 Å². The highest BCUT2D eigenvalue weighted by Crippen LogP contribution is 2.11. The summed E-state index contributed by atoms with van der Waals surface area (Å²) in [6, 6.07) is 3.95. The Labute approximate surface area is 103 Å². The average molecular weight is 290 g/mol. The molecule has 1 aromatic heterocycles. The Morgan fingerprint density at radius 1 is 1.60 bits per heavy atom. The fourth-order valence-corrected chi connectivity index (χ4v) is 1.95. The van der Waals surface area contributed by atoms with Crippen molar-refractivity contribution in [1.82, 2.24) is 5.32 Å². The van der Waals surface area contributed by atoms with Crippen LogP contribution < -0.4 is 5.32 Å². The van der Waals surface area contributed by atoms with Crippen LogP contribution in [0, 0.1) is 5.92 Å². The third-order valence-electron chi connectivity index (χ3n) is 2.13. The third-order valence-corrected chi connectivity index (χ3v) is 4.39. The molecule has 84 valence electrons. The minimum Gasteiger partial charge on any atom is -0.355 e. The molecule has 1 aromatic rings. The first-order valence-corrected chi connectivity index (χ1v) is 6.82. The van der Waals surface area contributed by atoms with E-state index in [4.69, 9.17) is 0 Å². The van der Waals surface area contributed by atoms with Gasteiger partial charge in [0.05, 0.1) is 6.42 Å². The number of alkyl halides is 1. The molecule has 1 amide bonds. The van der Waals surface area contributed by atoms with Gasteiger partial charge in [-0.25, -0.2) is 0 Å².